The highest BCUT2D eigenvalue weighted by molar-refractivity contribution is 5.49. The van der Waals surface area contributed by atoms with Gasteiger partial charge in [0, 0.05) is 45.5 Å². The van der Waals surface area contributed by atoms with Gasteiger partial charge in [-0.1, -0.05) is 13.8 Å². The minimum atomic E-state index is 0.741. The van der Waals surface area contributed by atoms with E-state index in [1.807, 2.05) is 12.3 Å². The molecule has 0 unspecified atom stereocenters. The van der Waals surface area contributed by atoms with Gasteiger partial charge in [-0.3, -0.25) is 4.79 Å². The van der Waals surface area contributed by atoms with Gasteiger partial charge in [0.2, 0.25) is 12.4 Å². The maximum atomic E-state index is 10.8. The number of amides is 1. The molecule has 21 heavy (non-hydrogen) atoms. The van der Waals surface area contributed by atoms with Crippen molar-refractivity contribution in [3.8, 4) is 0 Å². The highest BCUT2D eigenvalue weighted by atomic mass is 16.1. The van der Waals surface area contributed by atoms with E-state index < -0.39 is 0 Å². The van der Waals surface area contributed by atoms with E-state index in [-0.39, 0.29) is 0 Å². The number of nitrogens with zero attached hydrogens (tertiary/aromatic N) is 5. The molecule has 0 spiro atoms. The zero-order valence-corrected chi connectivity index (χ0v) is 13.0. The second-order valence-electron chi connectivity index (χ2n) is 5.33. The van der Waals surface area contributed by atoms with E-state index in [4.69, 9.17) is 4.98 Å². The lowest BCUT2D eigenvalue weighted by Crippen LogP contribution is -2.46. The molecule has 1 aromatic rings. The third-order valence-electron chi connectivity index (χ3n) is 3.69. The minimum absolute atomic E-state index is 0.741. The number of rotatable bonds is 7. The molecule has 1 saturated heterocycles. The Morgan fingerprint density at radius 3 is 2.43 bits per heavy atom. The van der Waals surface area contributed by atoms with Crippen molar-refractivity contribution in [2.75, 3.05) is 49.1 Å². The van der Waals surface area contributed by atoms with Crippen LogP contribution in [0.1, 0.15) is 26.7 Å². The fourth-order valence-corrected chi connectivity index (χ4v) is 2.58. The van der Waals surface area contributed by atoms with Crippen LogP contribution in [0.2, 0.25) is 0 Å². The lowest BCUT2D eigenvalue weighted by atomic mass is 10.3. The zero-order valence-electron chi connectivity index (χ0n) is 13.0. The zero-order chi connectivity index (χ0) is 15.1. The first-order valence-electron chi connectivity index (χ1n) is 7.80. The Balaban J connectivity index is 2.08. The van der Waals surface area contributed by atoms with Crippen molar-refractivity contribution in [3.05, 3.63) is 12.3 Å². The van der Waals surface area contributed by atoms with Crippen LogP contribution in [-0.4, -0.2) is 60.5 Å². The Hall–Kier alpha value is -1.85. The number of piperazine rings is 1. The smallest absolute Gasteiger partial charge is 0.227 e. The van der Waals surface area contributed by atoms with Crippen molar-refractivity contribution in [3.63, 3.8) is 0 Å². The van der Waals surface area contributed by atoms with E-state index in [2.05, 4.69) is 28.6 Å². The highest BCUT2D eigenvalue weighted by Crippen LogP contribution is 2.17. The van der Waals surface area contributed by atoms with Gasteiger partial charge in [-0.25, -0.2) is 4.98 Å². The third kappa shape index (κ3) is 4.06. The summed E-state index contributed by atoms with van der Waals surface area (Å²) in [6, 6.07) is 1.98. The molecule has 0 saturated carbocycles. The Morgan fingerprint density at radius 1 is 1.19 bits per heavy atom. The number of hydrogen-bond donors (Lipinski definition) is 0. The standard InChI is InChI=1S/C15H25N5O/c1-3-7-19(8-4-2)14-5-6-16-15(17-14)20-11-9-18(13-21)10-12-20/h5-6,13H,3-4,7-12H2,1-2H3. The number of aromatic nitrogens is 2. The van der Waals surface area contributed by atoms with Gasteiger partial charge in [0.05, 0.1) is 0 Å². The lowest BCUT2D eigenvalue weighted by molar-refractivity contribution is -0.118. The van der Waals surface area contributed by atoms with Gasteiger partial charge in [-0.2, -0.15) is 4.98 Å². The highest BCUT2D eigenvalue weighted by Gasteiger charge is 2.18. The molecule has 1 amide bonds. The molecule has 1 fully saturated rings. The Labute approximate surface area is 126 Å². The normalized spacial score (nSPS) is 15.1. The van der Waals surface area contributed by atoms with Crippen molar-refractivity contribution < 1.29 is 4.79 Å². The predicted molar refractivity (Wildman–Crippen MR) is 84.7 cm³/mol. The molecule has 1 aliphatic heterocycles. The summed E-state index contributed by atoms with van der Waals surface area (Å²) in [6.07, 6.45) is 4.97. The fourth-order valence-electron chi connectivity index (χ4n) is 2.58. The molecule has 2 rings (SSSR count). The fraction of sp³-hybridized carbons (Fsp3) is 0.667. The van der Waals surface area contributed by atoms with Crippen molar-refractivity contribution in [1.82, 2.24) is 14.9 Å². The number of anilines is 2. The van der Waals surface area contributed by atoms with Crippen molar-refractivity contribution >= 4 is 18.2 Å². The molecule has 0 N–H and O–H groups in total. The molecule has 0 bridgehead atoms. The van der Waals surface area contributed by atoms with Gasteiger partial charge >= 0.3 is 0 Å². The summed E-state index contributed by atoms with van der Waals surface area (Å²) in [5.74, 6) is 1.77. The third-order valence-corrected chi connectivity index (χ3v) is 3.69. The first-order chi connectivity index (χ1) is 10.3. The first kappa shape index (κ1) is 15.5. The molecule has 6 heteroatoms. The summed E-state index contributed by atoms with van der Waals surface area (Å²) in [4.78, 5) is 26.1. The van der Waals surface area contributed by atoms with E-state index in [1.54, 1.807) is 4.90 Å². The molecule has 0 atom stereocenters. The van der Waals surface area contributed by atoms with Gasteiger partial charge in [0.25, 0.3) is 0 Å². The maximum absolute atomic E-state index is 10.8. The second-order valence-corrected chi connectivity index (χ2v) is 5.33. The summed E-state index contributed by atoms with van der Waals surface area (Å²) in [5, 5.41) is 0. The van der Waals surface area contributed by atoms with E-state index in [9.17, 15) is 4.79 Å². The average Bonchev–Trinajstić information content (AvgIpc) is 2.55. The number of hydrogen-bond acceptors (Lipinski definition) is 5. The average molecular weight is 291 g/mol. The Kier molecular flexibility index (Phi) is 5.78. The molecule has 0 aromatic carbocycles. The quantitative estimate of drug-likeness (QED) is 0.710. The topological polar surface area (TPSA) is 52.6 Å². The molecular weight excluding hydrogens is 266 g/mol. The van der Waals surface area contributed by atoms with Crippen LogP contribution in [0.15, 0.2) is 12.3 Å². The monoisotopic (exact) mass is 291 g/mol. The minimum Gasteiger partial charge on any atom is -0.356 e. The largest absolute Gasteiger partial charge is 0.356 e. The van der Waals surface area contributed by atoms with Crippen LogP contribution in [0.25, 0.3) is 0 Å². The van der Waals surface area contributed by atoms with Crippen LogP contribution >= 0.6 is 0 Å². The van der Waals surface area contributed by atoms with Crippen LogP contribution in [0.4, 0.5) is 11.8 Å². The summed E-state index contributed by atoms with van der Waals surface area (Å²) in [6.45, 7) is 9.47. The molecule has 1 aromatic heterocycles. The Morgan fingerprint density at radius 2 is 1.86 bits per heavy atom. The maximum Gasteiger partial charge on any atom is 0.227 e. The van der Waals surface area contributed by atoms with Gasteiger partial charge in [-0.15, -0.1) is 0 Å². The van der Waals surface area contributed by atoms with Crippen LogP contribution in [0.5, 0.6) is 0 Å². The summed E-state index contributed by atoms with van der Waals surface area (Å²) in [7, 11) is 0. The van der Waals surface area contributed by atoms with Crippen molar-refractivity contribution in [2.24, 2.45) is 0 Å². The second kappa shape index (κ2) is 7.81. The van der Waals surface area contributed by atoms with Gasteiger partial charge < -0.3 is 14.7 Å². The van der Waals surface area contributed by atoms with Gasteiger partial charge in [0.1, 0.15) is 5.82 Å². The Bertz CT molecular complexity index is 439. The van der Waals surface area contributed by atoms with Crippen molar-refractivity contribution in [2.45, 2.75) is 26.7 Å². The van der Waals surface area contributed by atoms with Crippen LogP contribution in [0.3, 0.4) is 0 Å². The van der Waals surface area contributed by atoms with E-state index in [0.29, 0.717) is 0 Å². The predicted octanol–water partition coefficient (Wildman–Crippen LogP) is 1.38. The van der Waals surface area contributed by atoms with Crippen LogP contribution < -0.4 is 9.80 Å². The van der Waals surface area contributed by atoms with Gasteiger partial charge in [0.15, 0.2) is 0 Å². The molecule has 1 aliphatic rings. The molecular formula is C15H25N5O. The van der Waals surface area contributed by atoms with E-state index in [1.165, 1.54) is 0 Å². The molecule has 0 aliphatic carbocycles. The molecule has 116 valence electrons. The van der Waals surface area contributed by atoms with Crippen molar-refractivity contribution in [1.29, 1.82) is 0 Å². The lowest BCUT2D eigenvalue weighted by Gasteiger charge is -2.33. The van der Waals surface area contributed by atoms with E-state index >= 15 is 0 Å². The summed E-state index contributed by atoms with van der Waals surface area (Å²) >= 11 is 0. The number of carbonyl (C=O) groups excluding carboxylic acids is 1. The molecule has 0 radical (unpaired) electrons. The summed E-state index contributed by atoms with van der Waals surface area (Å²) in [5.41, 5.74) is 0. The molecule has 2 heterocycles. The first-order valence-corrected chi connectivity index (χ1v) is 7.80. The molecule has 6 nitrogen and oxygen atoms in total. The summed E-state index contributed by atoms with van der Waals surface area (Å²) < 4.78 is 0. The van der Waals surface area contributed by atoms with E-state index in [0.717, 1.165) is 70.3 Å². The van der Waals surface area contributed by atoms with Crippen LogP contribution in [-0.2, 0) is 4.79 Å². The number of carbonyl (C=O) groups is 1. The SMILES string of the molecule is CCCN(CCC)c1ccnc(N2CCN(C=O)CC2)n1. The van der Waals surface area contributed by atoms with Crippen LogP contribution in [0, 0.1) is 0 Å². The van der Waals surface area contributed by atoms with Gasteiger partial charge in [-0.05, 0) is 18.9 Å².